The van der Waals surface area contributed by atoms with E-state index in [1.807, 2.05) is 66.7 Å². The Morgan fingerprint density at radius 1 is 0.833 bits per heavy atom. The Labute approximate surface area is 221 Å². The van der Waals surface area contributed by atoms with Gasteiger partial charge in [-0.25, -0.2) is 0 Å². The van der Waals surface area contributed by atoms with Gasteiger partial charge in [-0.15, -0.1) is 0 Å². The van der Waals surface area contributed by atoms with Crippen LogP contribution in [-0.4, -0.2) is 27.8 Å². The Morgan fingerprint density at radius 3 is 1.56 bits per heavy atom. The first-order chi connectivity index (χ1) is 15.9. The van der Waals surface area contributed by atoms with E-state index in [0.29, 0.717) is 3.64 Å². The first-order valence-electron chi connectivity index (χ1n) is 11.9. The predicted molar refractivity (Wildman–Crippen MR) is 134 cm³/mol. The maximum atomic E-state index is 13.8. The van der Waals surface area contributed by atoms with Crippen LogP contribution in [0, 0.1) is 10.8 Å². The molecule has 0 saturated carbocycles. The molecule has 0 spiro atoms. The Morgan fingerprint density at radius 2 is 1.25 bits per heavy atom. The molecular formula is C26H40F6MoNOP. The Bertz CT molecular complexity index is 924. The second kappa shape index (κ2) is 11.7. The Balaban J connectivity index is 3.98. The van der Waals surface area contributed by atoms with Gasteiger partial charge in [0.2, 0.25) is 0 Å². The first-order valence-corrected chi connectivity index (χ1v) is 15.3. The van der Waals surface area contributed by atoms with Crippen LogP contribution >= 0.6 is 8.15 Å². The van der Waals surface area contributed by atoms with Gasteiger partial charge in [-0.05, 0) is 0 Å². The minimum absolute atomic E-state index is 0.0693. The summed E-state index contributed by atoms with van der Waals surface area (Å²) in [4.78, 5) is 0. The summed E-state index contributed by atoms with van der Waals surface area (Å²) in [5.41, 5.74) is -2.63. The molecule has 36 heavy (non-hydrogen) atoms. The quantitative estimate of drug-likeness (QED) is 0.168. The van der Waals surface area contributed by atoms with Crippen molar-refractivity contribution in [2.75, 3.05) is 6.16 Å². The molecule has 0 aromatic heterocycles. The molecule has 0 N–H and O–H groups in total. The number of rotatable bonds is 7. The second-order valence-corrected chi connectivity index (χ2v) is 16.5. The number of hydrogen-bond acceptors (Lipinski definition) is 2. The average Bonchev–Trinajstić information content (AvgIpc) is 2.63. The van der Waals surface area contributed by atoms with E-state index in [1.54, 1.807) is 20.8 Å². The summed E-state index contributed by atoms with van der Waals surface area (Å²) in [6.45, 7) is 19.1. The van der Waals surface area contributed by atoms with Crippen molar-refractivity contribution < 1.29 is 48.8 Å². The molecule has 208 valence electrons. The maximum absolute atomic E-state index is 13.8. The third kappa shape index (κ3) is 8.53. The number of alkyl halides is 6. The molecule has 1 aromatic carbocycles. The van der Waals surface area contributed by atoms with Gasteiger partial charge in [0, 0.05) is 0 Å². The van der Waals surface area contributed by atoms with E-state index in [-0.39, 0.29) is 24.9 Å². The fourth-order valence-corrected chi connectivity index (χ4v) is 9.26. The van der Waals surface area contributed by atoms with Crippen LogP contribution in [0.3, 0.4) is 0 Å². The fraction of sp³-hybridized carbons (Fsp3) is 0.731. The van der Waals surface area contributed by atoms with Crippen molar-refractivity contribution in [3.8, 4) is 0 Å². The van der Waals surface area contributed by atoms with Crippen LogP contribution in [0.25, 0.3) is 0 Å². The summed E-state index contributed by atoms with van der Waals surface area (Å²) < 4.78 is 93.8. The van der Waals surface area contributed by atoms with Crippen LogP contribution in [0.5, 0.6) is 0 Å². The fourth-order valence-electron chi connectivity index (χ4n) is 3.32. The van der Waals surface area contributed by atoms with Gasteiger partial charge in [0.15, 0.2) is 0 Å². The zero-order chi connectivity index (χ0) is 28.5. The molecule has 0 heterocycles. The van der Waals surface area contributed by atoms with E-state index in [1.165, 1.54) is 0 Å². The number of benzene rings is 1. The van der Waals surface area contributed by atoms with Crippen LogP contribution in [0.2, 0.25) is 0 Å². The van der Waals surface area contributed by atoms with Crippen molar-refractivity contribution in [1.29, 1.82) is 0 Å². The van der Waals surface area contributed by atoms with E-state index in [9.17, 15) is 26.3 Å². The molecule has 0 amide bonds. The van der Waals surface area contributed by atoms with Crippen molar-refractivity contribution in [3.63, 3.8) is 0 Å². The number of halogens is 6. The summed E-state index contributed by atoms with van der Waals surface area (Å²) in [7, 11) is -2.22. The van der Waals surface area contributed by atoms with Gasteiger partial charge in [0.25, 0.3) is 0 Å². The van der Waals surface area contributed by atoms with Crippen LogP contribution in [0.1, 0.15) is 99.1 Å². The van der Waals surface area contributed by atoms with Gasteiger partial charge >= 0.3 is 222 Å². The standard InChI is InChI=1S/C14H23F6OP.C12H17N.Mo/c1-10(2,3)8-22(9-11(4,5)6)21-12(7,13(15,16)17)14(18,19)20;1-8(2)10-6-5-7-11(9(3)4)12(10)13;/h8H2,1-7H3;5-9H,1-4H3;. The molecule has 1 atom stereocenters. The molecule has 2 nitrogen and oxygen atoms in total. The summed E-state index contributed by atoms with van der Waals surface area (Å²) in [6.07, 6.45) is -11.2. The van der Waals surface area contributed by atoms with Gasteiger partial charge in [0.1, 0.15) is 0 Å². The van der Waals surface area contributed by atoms with E-state index in [2.05, 4.69) is 0 Å². The zero-order valence-corrected chi connectivity index (χ0v) is 26.0. The topological polar surface area (TPSA) is 21.6 Å². The van der Waals surface area contributed by atoms with E-state index in [4.69, 9.17) is 8.02 Å². The van der Waals surface area contributed by atoms with Crippen molar-refractivity contribution in [3.05, 3.63) is 29.3 Å². The predicted octanol–water partition coefficient (Wildman–Crippen LogP) is 10.3. The number of hydrogen-bond donors (Lipinski definition) is 0. The summed E-state index contributed by atoms with van der Waals surface area (Å²) in [5.74, 6) is 0.332. The van der Waals surface area contributed by atoms with Crippen LogP contribution in [-0.2, 0) is 22.4 Å². The summed E-state index contributed by atoms with van der Waals surface area (Å²) in [6, 6.07) is 5.93. The van der Waals surface area contributed by atoms with Crippen molar-refractivity contribution in [1.82, 2.24) is 0 Å². The monoisotopic (exact) mass is 625 g/mol. The van der Waals surface area contributed by atoms with Gasteiger partial charge in [-0.3, -0.25) is 0 Å². The van der Waals surface area contributed by atoms with Crippen LogP contribution < -0.4 is 0 Å². The van der Waals surface area contributed by atoms with Crippen molar-refractivity contribution >= 4 is 17.5 Å². The SMILES string of the molecule is CC(C)c1cccc(C(C)C)c1[N]=[Mo]=[C](P(CC(C)(C)C)OC(C)(C(F)(F)F)C(F)(F)F)C(C)(C)C. The van der Waals surface area contributed by atoms with E-state index < -0.39 is 54.9 Å². The second-order valence-electron chi connectivity index (χ2n) is 12.0. The number of nitrogens with zero attached hydrogens (tertiary/aromatic N) is 1. The Hall–Kier alpha value is -0.452. The molecule has 0 radical (unpaired) electrons. The molecule has 0 aliphatic rings. The molecule has 0 fully saturated rings. The van der Waals surface area contributed by atoms with Gasteiger partial charge < -0.3 is 0 Å². The first kappa shape index (κ1) is 33.6. The molecule has 1 aromatic rings. The van der Waals surface area contributed by atoms with Gasteiger partial charge in [-0.2, -0.15) is 0 Å². The third-order valence-electron chi connectivity index (χ3n) is 5.43. The van der Waals surface area contributed by atoms with Crippen molar-refractivity contribution in [2.45, 2.75) is 106 Å². The minimum atomic E-state index is -5.61. The summed E-state index contributed by atoms with van der Waals surface area (Å²) in [5, 5.41) is 0. The molecule has 1 rings (SSSR count). The van der Waals surface area contributed by atoms with E-state index in [0.717, 1.165) is 16.8 Å². The molecule has 0 aliphatic heterocycles. The molecule has 10 heteroatoms. The van der Waals surface area contributed by atoms with Crippen LogP contribution in [0.15, 0.2) is 21.7 Å². The van der Waals surface area contributed by atoms with Crippen molar-refractivity contribution in [2.24, 2.45) is 14.3 Å². The molecular weight excluding hydrogens is 583 g/mol. The Kier molecular flexibility index (Phi) is 11.0. The molecule has 0 saturated heterocycles. The molecule has 1 unspecified atom stereocenters. The summed E-state index contributed by atoms with van der Waals surface area (Å²) >= 11 is -1.54. The molecule has 0 aliphatic carbocycles. The average molecular weight is 624 g/mol. The van der Waals surface area contributed by atoms with Crippen LogP contribution in [0.4, 0.5) is 32.0 Å². The van der Waals surface area contributed by atoms with E-state index >= 15 is 0 Å². The normalized spacial score (nSPS) is 14.9. The van der Waals surface area contributed by atoms with Gasteiger partial charge in [0.05, 0.1) is 0 Å². The van der Waals surface area contributed by atoms with Gasteiger partial charge in [-0.1, -0.05) is 0 Å². The third-order valence-corrected chi connectivity index (χ3v) is 13.0. The zero-order valence-electron chi connectivity index (χ0n) is 23.1. The molecule has 0 bridgehead atoms.